The summed E-state index contributed by atoms with van der Waals surface area (Å²) in [6.45, 7) is 1.70. The molecule has 0 aliphatic heterocycles. The van der Waals surface area contributed by atoms with E-state index in [4.69, 9.17) is 5.73 Å². The van der Waals surface area contributed by atoms with Crippen molar-refractivity contribution in [3.63, 3.8) is 0 Å². The minimum atomic E-state index is -2.54. The van der Waals surface area contributed by atoms with Crippen LogP contribution in [0.25, 0.3) is 0 Å². The SMILES string of the molecule is Cc1cc(N)nc(C(F)F)c1. The summed E-state index contributed by atoms with van der Waals surface area (Å²) < 4.78 is 24.0. The summed E-state index contributed by atoms with van der Waals surface area (Å²) in [5.74, 6) is 0.139. The predicted octanol–water partition coefficient (Wildman–Crippen LogP) is 1.91. The van der Waals surface area contributed by atoms with Gasteiger partial charge in [-0.15, -0.1) is 0 Å². The monoisotopic (exact) mass is 158 g/mol. The van der Waals surface area contributed by atoms with Crippen LogP contribution in [0.3, 0.4) is 0 Å². The molecule has 0 bridgehead atoms. The van der Waals surface area contributed by atoms with Gasteiger partial charge in [0.05, 0.1) is 0 Å². The van der Waals surface area contributed by atoms with E-state index in [1.807, 2.05) is 0 Å². The first-order chi connectivity index (χ1) is 5.09. The fraction of sp³-hybridized carbons (Fsp3) is 0.286. The molecule has 0 saturated heterocycles. The number of nitrogens with two attached hydrogens (primary N) is 1. The van der Waals surface area contributed by atoms with Gasteiger partial charge in [0, 0.05) is 0 Å². The lowest BCUT2D eigenvalue weighted by Crippen LogP contribution is -1.96. The molecule has 60 valence electrons. The molecule has 1 heterocycles. The Morgan fingerprint density at radius 1 is 1.45 bits per heavy atom. The summed E-state index contributed by atoms with van der Waals surface area (Å²) >= 11 is 0. The van der Waals surface area contributed by atoms with Crippen molar-refractivity contribution in [1.82, 2.24) is 4.98 Å². The fourth-order valence-electron chi connectivity index (χ4n) is 0.834. The Morgan fingerprint density at radius 2 is 2.09 bits per heavy atom. The van der Waals surface area contributed by atoms with Crippen LogP contribution in [0.1, 0.15) is 17.7 Å². The van der Waals surface area contributed by atoms with Crippen LogP contribution in [0.2, 0.25) is 0 Å². The first-order valence-corrected chi connectivity index (χ1v) is 3.12. The van der Waals surface area contributed by atoms with Crippen molar-refractivity contribution in [2.75, 3.05) is 5.73 Å². The average Bonchev–Trinajstić information content (AvgIpc) is 1.85. The maximum absolute atomic E-state index is 12.0. The molecule has 0 saturated carbocycles. The van der Waals surface area contributed by atoms with Gasteiger partial charge in [0.15, 0.2) is 0 Å². The molecule has 0 amide bonds. The van der Waals surface area contributed by atoms with E-state index < -0.39 is 6.43 Å². The van der Waals surface area contributed by atoms with Crippen molar-refractivity contribution in [1.29, 1.82) is 0 Å². The summed E-state index contributed by atoms with van der Waals surface area (Å²) in [6.07, 6.45) is -2.54. The van der Waals surface area contributed by atoms with Crippen LogP contribution in [0.5, 0.6) is 0 Å². The molecule has 1 aromatic rings. The van der Waals surface area contributed by atoms with Gasteiger partial charge in [0.2, 0.25) is 0 Å². The molecule has 4 heteroatoms. The Labute approximate surface area is 63.1 Å². The number of nitrogens with zero attached hydrogens (tertiary/aromatic N) is 1. The largest absolute Gasteiger partial charge is 0.384 e. The highest BCUT2D eigenvalue weighted by Crippen LogP contribution is 2.18. The van der Waals surface area contributed by atoms with E-state index in [0.717, 1.165) is 0 Å². The van der Waals surface area contributed by atoms with Gasteiger partial charge in [0.1, 0.15) is 11.5 Å². The number of anilines is 1. The first-order valence-electron chi connectivity index (χ1n) is 3.12. The van der Waals surface area contributed by atoms with Crippen molar-refractivity contribution in [3.8, 4) is 0 Å². The normalized spacial score (nSPS) is 10.5. The highest BCUT2D eigenvalue weighted by atomic mass is 19.3. The topological polar surface area (TPSA) is 38.9 Å². The maximum Gasteiger partial charge on any atom is 0.280 e. The number of alkyl halides is 2. The van der Waals surface area contributed by atoms with E-state index in [1.54, 1.807) is 13.0 Å². The number of nitrogen functional groups attached to an aromatic ring is 1. The number of aromatic nitrogens is 1. The predicted molar refractivity (Wildman–Crippen MR) is 38.3 cm³/mol. The molecular weight excluding hydrogens is 150 g/mol. The highest BCUT2D eigenvalue weighted by Gasteiger charge is 2.08. The maximum atomic E-state index is 12.0. The highest BCUT2D eigenvalue weighted by molar-refractivity contribution is 5.34. The molecule has 1 aromatic heterocycles. The molecule has 0 unspecified atom stereocenters. The number of aryl methyl sites for hydroxylation is 1. The standard InChI is InChI=1S/C7H8F2N2/c1-4-2-5(7(8)9)11-6(10)3-4/h2-3,7H,1H3,(H2,10,11). The third-order valence-electron chi connectivity index (χ3n) is 1.23. The van der Waals surface area contributed by atoms with Crippen LogP contribution >= 0.6 is 0 Å². The molecule has 0 fully saturated rings. The molecule has 0 aromatic carbocycles. The first kappa shape index (κ1) is 7.91. The molecular formula is C7H8F2N2. The van der Waals surface area contributed by atoms with E-state index in [9.17, 15) is 8.78 Å². The number of hydrogen-bond acceptors (Lipinski definition) is 2. The zero-order valence-corrected chi connectivity index (χ0v) is 6.01. The molecule has 0 aliphatic rings. The van der Waals surface area contributed by atoms with Crippen LogP contribution in [0.15, 0.2) is 12.1 Å². The zero-order valence-electron chi connectivity index (χ0n) is 6.01. The zero-order chi connectivity index (χ0) is 8.43. The molecule has 0 atom stereocenters. The van der Waals surface area contributed by atoms with E-state index in [1.165, 1.54) is 6.07 Å². The second kappa shape index (κ2) is 2.82. The van der Waals surface area contributed by atoms with Gasteiger partial charge in [-0.1, -0.05) is 0 Å². The van der Waals surface area contributed by atoms with Gasteiger partial charge in [0.25, 0.3) is 6.43 Å². The lowest BCUT2D eigenvalue weighted by molar-refractivity contribution is 0.146. The molecule has 2 nitrogen and oxygen atoms in total. The Bertz CT molecular complexity index is 240. The summed E-state index contributed by atoms with van der Waals surface area (Å²) in [6, 6.07) is 2.87. The Balaban J connectivity index is 3.08. The molecule has 0 aliphatic carbocycles. The lowest BCUT2D eigenvalue weighted by Gasteiger charge is -2.01. The van der Waals surface area contributed by atoms with Crippen LogP contribution in [0.4, 0.5) is 14.6 Å². The van der Waals surface area contributed by atoms with Crippen molar-refractivity contribution < 1.29 is 8.78 Å². The molecule has 0 radical (unpaired) electrons. The molecule has 0 spiro atoms. The Hall–Kier alpha value is -1.19. The second-order valence-electron chi connectivity index (χ2n) is 2.29. The summed E-state index contributed by atoms with van der Waals surface area (Å²) in [7, 11) is 0. The van der Waals surface area contributed by atoms with Crippen molar-refractivity contribution in [3.05, 3.63) is 23.4 Å². The Kier molecular flexibility index (Phi) is 2.03. The third-order valence-corrected chi connectivity index (χ3v) is 1.23. The van der Waals surface area contributed by atoms with Gasteiger partial charge in [-0.05, 0) is 24.6 Å². The minimum Gasteiger partial charge on any atom is -0.384 e. The average molecular weight is 158 g/mol. The van der Waals surface area contributed by atoms with E-state index in [-0.39, 0.29) is 11.5 Å². The third kappa shape index (κ3) is 1.86. The lowest BCUT2D eigenvalue weighted by atomic mass is 10.2. The van der Waals surface area contributed by atoms with Gasteiger partial charge >= 0.3 is 0 Å². The van der Waals surface area contributed by atoms with Crippen LogP contribution < -0.4 is 5.73 Å². The molecule has 2 N–H and O–H groups in total. The summed E-state index contributed by atoms with van der Waals surface area (Å²) in [4.78, 5) is 3.46. The smallest absolute Gasteiger partial charge is 0.280 e. The number of pyridine rings is 1. The van der Waals surface area contributed by atoms with Crippen LogP contribution in [-0.2, 0) is 0 Å². The van der Waals surface area contributed by atoms with Crippen LogP contribution in [0, 0.1) is 6.92 Å². The van der Waals surface area contributed by atoms with Gasteiger partial charge in [-0.2, -0.15) is 0 Å². The quantitative estimate of drug-likeness (QED) is 0.678. The van der Waals surface area contributed by atoms with Crippen molar-refractivity contribution in [2.24, 2.45) is 0 Å². The summed E-state index contributed by atoms with van der Waals surface area (Å²) in [5.41, 5.74) is 5.69. The van der Waals surface area contributed by atoms with E-state index in [2.05, 4.69) is 4.98 Å². The summed E-state index contributed by atoms with van der Waals surface area (Å²) in [5, 5.41) is 0. The van der Waals surface area contributed by atoms with Gasteiger partial charge in [-0.3, -0.25) is 0 Å². The van der Waals surface area contributed by atoms with Crippen molar-refractivity contribution >= 4 is 5.82 Å². The van der Waals surface area contributed by atoms with Crippen LogP contribution in [-0.4, -0.2) is 4.98 Å². The van der Waals surface area contributed by atoms with E-state index >= 15 is 0 Å². The van der Waals surface area contributed by atoms with Gasteiger partial charge in [-0.25, -0.2) is 13.8 Å². The minimum absolute atomic E-state index is 0.139. The second-order valence-corrected chi connectivity index (χ2v) is 2.29. The van der Waals surface area contributed by atoms with Gasteiger partial charge < -0.3 is 5.73 Å². The molecule has 11 heavy (non-hydrogen) atoms. The van der Waals surface area contributed by atoms with E-state index in [0.29, 0.717) is 5.56 Å². The Morgan fingerprint density at radius 3 is 2.55 bits per heavy atom. The fourth-order valence-corrected chi connectivity index (χ4v) is 0.834. The van der Waals surface area contributed by atoms with Crippen molar-refractivity contribution in [2.45, 2.75) is 13.3 Å². The number of hydrogen-bond donors (Lipinski definition) is 1. The number of halogens is 2. The number of rotatable bonds is 1. The molecule has 1 rings (SSSR count).